The monoisotopic (exact) mass is 287 g/mol. The van der Waals surface area contributed by atoms with Gasteiger partial charge in [-0.1, -0.05) is 19.1 Å². The van der Waals surface area contributed by atoms with Crippen LogP contribution in [0.1, 0.15) is 13.3 Å². The minimum atomic E-state index is -3.74. The average molecular weight is 287 g/mol. The van der Waals surface area contributed by atoms with Crippen LogP contribution in [0, 0.1) is 0 Å². The third-order valence-electron chi connectivity index (χ3n) is 2.61. The molecule has 106 valence electrons. The Morgan fingerprint density at radius 2 is 2.00 bits per heavy atom. The van der Waals surface area contributed by atoms with Crippen LogP contribution in [0.5, 0.6) is 5.75 Å². The molecule has 0 saturated heterocycles. The van der Waals surface area contributed by atoms with Gasteiger partial charge in [-0.2, -0.15) is 4.31 Å². The summed E-state index contributed by atoms with van der Waals surface area (Å²) in [4.78, 5) is 10.6. The number of carboxylic acid groups (broad SMARTS) is 1. The number of para-hydroxylation sites is 1. The fourth-order valence-corrected chi connectivity index (χ4v) is 3.25. The maximum atomic E-state index is 12.4. The molecule has 0 aliphatic carbocycles. The van der Waals surface area contributed by atoms with Crippen LogP contribution < -0.4 is 4.74 Å². The molecule has 1 aromatic carbocycles. The van der Waals surface area contributed by atoms with Gasteiger partial charge >= 0.3 is 5.97 Å². The van der Waals surface area contributed by atoms with E-state index in [1.807, 2.05) is 0 Å². The fourth-order valence-electron chi connectivity index (χ4n) is 1.64. The van der Waals surface area contributed by atoms with Gasteiger partial charge in [-0.3, -0.25) is 4.79 Å². The molecular formula is C12H17NO5S. The largest absolute Gasteiger partial charge is 0.495 e. The lowest BCUT2D eigenvalue weighted by molar-refractivity contribution is -0.137. The second-order valence-corrected chi connectivity index (χ2v) is 5.70. The van der Waals surface area contributed by atoms with E-state index in [1.54, 1.807) is 25.1 Å². The predicted molar refractivity (Wildman–Crippen MR) is 69.7 cm³/mol. The number of nitrogens with zero attached hydrogens (tertiary/aromatic N) is 1. The van der Waals surface area contributed by atoms with E-state index in [4.69, 9.17) is 9.84 Å². The molecule has 0 bridgehead atoms. The number of sulfonamides is 1. The van der Waals surface area contributed by atoms with Crippen LogP contribution in [-0.2, 0) is 14.8 Å². The van der Waals surface area contributed by atoms with Gasteiger partial charge < -0.3 is 9.84 Å². The summed E-state index contributed by atoms with van der Waals surface area (Å²) < 4.78 is 31.0. The van der Waals surface area contributed by atoms with Crippen molar-refractivity contribution < 1.29 is 23.1 Å². The van der Waals surface area contributed by atoms with Gasteiger partial charge in [0.25, 0.3) is 0 Å². The van der Waals surface area contributed by atoms with E-state index >= 15 is 0 Å². The third-order valence-corrected chi connectivity index (χ3v) is 4.63. The zero-order chi connectivity index (χ0) is 14.5. The van der Waals surface area contributed by atoms with Crippen molar-refractivity contribution in [3.63, 3.8) is 0 Å². The second kappa shape index (κ2) is 6.53. The Kier molecular flexibility index (Phi) is 5.31. The van der Waals surface area contributed by atoms with Crippen molar-refractivity contribution in [2.24, 2.45) is 0 Å². The molecule has 0 amide bonds. The summed E-state index contributed by atoms with van der Waals surface area (Å²) in [5, 5.41) is 8.65. The van der Waals surface area contributed by atoms with Gasteiger partial charge in [0, 0.05) is 13.1 Å². The zero-order valence-corrected chi connectivity index (χ0v) is 11.7. The van der Waals surface area contributed by atoms with Crippen molar-refractivity contribution in [1.82, 2.24) is 4.31 Å². The van der Waals surface area contributed by atoms with Crippen LogP contribution in [0.25, 0.3) is 0 Å². The first-order valence-corrected chi connectivity index (χ1v) is 7.22. The highest BCUT2D eigenvalue weighted by molar-refractivity contribution is 7.89. The maximum absolute atomic E-state index is 12.4. The molecule has 0 spiro atoms. The number of carboxylic acids is 1. The minimum Gasteiger partial charge on any atom is -0.495 e. The summed E-state index contributed by atoms with van der Waals surface area (Å²) in [5.74, 6) is -0.787. The second-order valence-electron chi connectivity index (χ2n) is 3.79. The summed E-state index contributed by atoms with van der Waals surface area (Å²) in [5.41, 5.74) is 0. The summed E-state index contributed by atoms with van der Waals surface area (Å²) in [7, 11) is -2.35. The van der Waals surface area contributed by atoms with E-state index in [2.05, 4.69) is 0 Å². The molecule has 0 aliphatic heterocycles. The molecule has 7 heteroatoms. The van der Waals surface area contributed by atoms with Crippen molar-refractivity contribution in [3.05, 3.63) is 24.3 Å². The fraction of sp³-hybridized carbons (Fsp3) is 0.417. The smallest absolute Gasteiger partial charge is 0.304 e. The molecule has 0 unspecified atom stereocenters. The van der Waals surface area contributed by atoms with Crippen LogP contribution in [0.2, 0.25) is 0 Å². The molecule has 0 atom stereocenters. The number of rotatable bonds is 7. The highest BCUT2D eigenvalue weighted by atomic mass is 32.2. The Hall–Kier alpha value is -1.60. The lowest BCUT2D eigenvalue weighted by Crippen LogP contribution is -2.33. The first-order chi connectivity index (χ1) is 8.93. The first kappa shape index (κ1) is 15.5. The molecule has 0 radical (unpaired) electrons. The number of methoxy groups -OCH3 is 1. The highest BCUT2D eigenvalue weighted by Gasteiger charge is 2.26. The number of carbonyl (C=O) groups is 1. The standard InChI is InChI=1S/C12H17NO5S/c1-3-13(9-8-12(14)15)19(16,17)11-7-5-4-6-10(11)18-2/h4-7H,3,8-9H2,1-2H3,(H,14,15). The molecule has 0 aromatic heterocycles. The molecule has 19 heavy (non-hydrogen) atoms. The Bertz CT molecular complexity index is 541. The van der Waals surface area contributed by atoms with Crippen LogP contribution in [0.15, 0.2) is 29.2 Å². The molecule has 0 aliphatic rings. The Morgan fingerprint density at radius 3 is 2.53 bits per heavy atom. The van der Waals surface area contributed by atoms with Gasteiger partial charge in [-0.25, -0.2) is 8.42 Å². The van der Waals surface area contributed by atoms with Crippen LogP contribution in [-0.4, -0.2) is 44.0 Å². The van der Waals surface area contributed by atoms with E-state index < -0.39 is 16.0 Å². The minimum absolute atomic E-state index is 0.0461. The van der Waals surface area contributed by atoms with Gasteiger partial charge in [-0.15, -0.1) is 0 Å². The molecular weight excluding hydrogens is 270 g/mol. The van der Waals surface area contributed by atoms with Gasteiger partial charge in [-0.05, 0) is 12.1 Å². The van der Waals surface area contributed by atoms with Crippen molar-refractivity contribution in [2.45, 2.75) is 18.2 Å². The Balaban J connectivity index is 3.09. The number of aliphatic carboxylic acids is 1. The average Bonchev–Trinajstić information content (AvgIpc) is 2.38. The third kappa shape index (κ3) is 3.68. The van der Waals surface area contributed by atoms with Crippen LogP contribution >= 0.6 is 0 Å². The number of hydrogen-bond donors (Lipinski definition) is 1. The molecule has 1 N–H and O–H groups in total. The quantitative estimate of drug-likeness (QED) is 0.814. The van der Waals surface area contributed by atoms with Crippen LogP contribution in [0.3, 0.4) is 0 Å². The molecule has 1 rings (SSSR count). The lowest BCUT2D eigenvalue weighted by atomic mass is 10.3. The Labute approximate surface area is 112 Å². The first-order valence-electron chi connectivity index (χ1n) is 5.78. The molecule has 0 heterocycles. The van der Waals surface area contributed by atoms with Gasteiger partial charge in [0.1, 0.15) is 10.6 Å². The molecule has 0 fully saturated rings. The van der Waals surface area contributed by atoms with E-state index in [9.17, 15) is 13.2 Å². The van der Waals surface area contributed by atoms with Gasteiger partial charge in [0.2, 0.25) is 10.0 Å². The molecule has 0 saturated carbocycles. The predicted octanol–water partition coefficient (Wildman–Crippen LogP) is 1.18. The van der Waals surface area contributed by atoms with Gasteiger partial charge in [0.05, 0.1) is 13.5 Å². The van der Waals surface area contributed by atoms with E-state index in [1.165, 1.54) is 13.2 Å². The normalized spacial score (nSPS) is 11.5. The SMILES string of the molecule is CCN(CCC(=O)O)S(=O)(=O)c1ccccc1OC. The lowest BCUT2D eigenvalue weighted by Gasteiger charge is -2.20. The van der Waals surface area contributed by atoms with E-state index in [-0.39, 0.29) is 30.2 Å². The van der Waals surface area contributed by atoms with Crippen molar-refractivity contribution in [1.29, 1.82) is 0 Å². The van der Waals surface area contributed by atoms with Crippen molar-refractivity contribution in [2.75, 3.05) is 20.2 Å². The Morgan fingerprint density at radius 1 is 1.37 bits per heavy atom. The number of benzene rings is 1. The molecule has 6 nitrogen and oxygen atoms in total. The summed E-state index contributed by atoms with van der Waals surface area (Å²) in [6, 6.07) is 6.27. The summed E-state index contributed by atoms with van der Waals surface area (Å²) in [6.45, 7) is 1.80. The maximum Gasteiger partial charge on any atom is 0.304 e. The van der Waals surface area contributed by atoms with E-state index in [0.29, 0.717) is 0 Å². The highest BCUT2D eigenvalue weighted by Crippen LogP contribution is 2.26. The molecule has 1 aromatic rings. The van der Waals surface area contributed by atoms with Crippen molar-refractivity contribution in [3.8, 4) is 5.75 Å². The summed E-state index contributed by atoms with van der Waals surface area (Å²) in [6.07, 6.45) is -0.234. The number of ether oxygens (including phenoxy) is 1. The van der Waals surface area contributed by atoms with E-state index in [0.717, 1.165) is 4.31 Å². The van der Waals surface area contributed by atoms with Crippen molar-refractivity contribution >= 4 is 16.0 Å². The topological polar surface area (TPSA) is 83.9 Å². The number of hydrogen-bond acceptors (Lipinski definition) is 4. The summed E-state index contributed by atoms with van der Waals surface area (Å²) >= 11 is 0. The zero-order valence-electron chi connectivity index (χ0n) is 10.9. The van der Waals surface area contributed by atoms with Crippen LogP contribution in [0.4, 0.5) is 0 Å². The van der Waals surface area contributed by atoms with Gasteiger partial charge in [0.15, 0.2) is 0 Å².